The third-order valence-corrected chi connectivity index (χ3v) is 3.93. The van der Waals surface area contributed by atoms with Crippen molar-refractivity contribution in [3.63, 3.8) is 0 Å². The lowest BCUT2D eigenvalue weighted by Gasteiger charge is -2.15. The Balaban J connectivity index is 1.96. The molecule has 0 bridgehead atoms. The quantitative estimate of drug-likeness (QED) is 0.781. The average molecular weight is 298 g/mol. The van der Waals surface area contributed by atoms with Crippen molar-refractivity contribution >= 4 is 28.7 Å². The first-order chi connectivity index (χ1) is 9.06. The van der Waals surface area contributed by atoms with Gasteiger partial charge in [-0.15, -0.1) is 11.3 Å². The molecule has 0 unspecified atom stereocenters. The van der Waals surface area contributed by atoms with Gasteiger partial charge in [0.1, 0.15) is 5.82 Å². The van der Waals surface area contributed by atoms with Crippen LogP contribution in [0.3, 0.4) is 0 Å². The number of rotatable bonds is 5. The van der Waals surface area contributed by atoms with Gasteiger partial charge in [-0.25, -0.2) is 4.39 Å². The molecule has 0 radical (unpaired) electrons. The van der Waals surface area contributed by atoms with E-state index in [1.807, 2.05) is 0 Å². The van der Waals surface area contributed by atoms with Crippen LogP contribution in [0.4, 0.5) is 4.39 Å². The van der Waals surface area contributed by atoms with Gasteiger partial charge < -0.3 is 0 Å². The van der Waals surface area contributed by atoms with Crippen molar-refractivity contribution in [2.24, 2.45) is 0 Å². The maximum atomic E-state index is 13.5. The van der Waals surface area contributed by atoms with E-state index in [1.165, 1.54) is 17.4 Å². The van der Waals surface area contributed by atoms with E-state index < -0.39 is 0 Å². The number of Topliss-reactive ketones (excluding diaryl/α,β-unsaturated/α-hetero) is 1. The number of likely N-dealkylation sites (N-methyl/N-ethyl adjacent to an activating group) is 1. The lowest BCUT2D eigenvalue weighted by atomic mass is 10.2. The maximum Gasteiger partial charge on any atom is 0.186 e. The SMILES string of the molecule is CN(CC(=O)c1ccc(Cl)s1)Cc1ccccc1F. The van der Waals surface area contributed by atoms with E-state index >= 15 is 0 Å². The van der Waals surface area contributed by atoms with Gasteiger partial charge >= 0.3 is 0 Å². The highest BCUT2D eigenvalue weighted by Gasteiger charge is 2.13. The van der Waals surface area contributed by atoms with E-state index in [0.717, 1.165) is 0 Å². The highest BCUT2D eigenvalue weighted by Crippen LogP contribution is 2.22. The molecule has 0 aliphatic heterocycles. The van der Waals surface area contributed by atoms with E-state index in [2.05, 4.69) is 0 Å². The number of hydrogen-bond donors (Lipinski definition) is 0. The largest absolute Gasteiger partial charge is 0.294 e. The van der Waals surface area contributed by atoms with Crippen LogP contribution < -0.4 is 0 Å². The molecule has 0 aliphatic rings. The molecular formula is C14H13ClFNOS. The van der Waals surface area contributed by atoms with Gasteiger partial charge in [0.15, 0.2) is 5.78 Å². The third kappa shape index (κ3) is 3.86. The Bertz CT molecular complexity index is 584. The normalized spacial score (nSPS) is 10.9. The molecule has 100 valence electrons. The Morgan fingerprint density at radius 1 is 1.32 bits per heavy atom. The Morgan fingerprint density at radius 3 is 2.68 bits per heavy atom. The van der Waals surface area contributed by atoms with Crippen molar-refractivity contribution < 1.29 is 9.18 Å². The molecule has 0 aliphatic carbocycles. The number of hydrogen-bond acceptors (Lipinski definition) is 3. The van der Waals surface area contributed by atoms with Gasteiger partial charge in [-0.3, -0.25) is 9.69 Å². The second-order valence-corrected chi connectivity index (χ2v) is 6.01. The van der Waals surface area contributed by atoms with E-state index in [1.54, 1.807) is 42.3 Å². The highest BCUT2D eigenvalue weighted by atomic mass is 35.5. The summed E-state index contributed by atoms with van der Waals surface area (Å²) in [6.07, 6.45) is 0. The zero-order valence-electron chi connectivity index (χ0n) is 10.4. The van der Waals surface area contributed by atoms with E-state index in [-0.39, 0.29) is 18.1 Å². The second kappa shape index (κ2) is 6.28. The molecule has 2 nitrogen and oxygen atoms in total. The number of benzene rings is 1. The van der Waals surface area contributed by atoms with Crippen LogP contribution in [0, 0.1) is 5.82 Å². The summed E-state index contributed by atoms with van der Waals surface area (Å²) in [6, 6.07) is 10.00. The van der Waals surface area contributed by atoms with Crippen LogP contribution in [0.1, 0.15) is 15.2 Å². The molecule has 0 saturated heterocycles. The van der Waals surface area contributed by atoms with Crippen LogP contribution in [-0.2, 0) is 6.54 Å². The van der Waals surface area contributed by atoms with Gasteiger partial charge in [0.05, 0.1) is 15.8 Å². The molecule has 1 aromatic carbocycles. The number of carbonyl (C=O) groups is 1. The van der Waals surface area contributed by atoms with Crippen molar-refractivity contribution in [3.8, 4) is 0 Å². The van der Waals surface area contributed by atoms with Crippen LogP contribution in [-0.4, -0.2) is 24.3 Å². The van der Waals surface area contributed by atoms with Gasteiger partial charge in [-0.1, -0.05) is 29.8 Å². The predicted octanol–water partition coefficient (Wildman–Crippen LogP) is 3.86. The van der Waals surface area contributed by atoms with Gasteiger partial charge in [0, 0.05) is 12.1 Å². The molecule has 0 amide bonds. The Kier molecular flexibility index (Phi) is 4.69. The molecule has 2 aromatic rings. The first-order valence-electron chi connectivity index (χ1n) is 5.77. The Hall–Kier alpha value is -1.23. The Morgan fingerprint density at radius 2 is 2.05 bits per heavy atom. The molecule has 0 N–H and O–H groups in total. The summed E-state index contributed by atoms with van der Waals surface area (Å²) in [5.41, 5.74) is 0.585. The smallest absolute Gasteiger partial charge is 0.186 e. The van der Waals surface area contributed by atoms with Crippen LogP contribution >= 0.6 is 22.9 Å². The van der Waals surface area contributed by atoms with E-state index in [4.69, 9.17) is 11.6 Å². The lowest BCUT2D eigenvalue weighted by Crippen LogP contribution is -2.25. The highest BCUT2D eigenvalue weighted by molar-refractivity contribution is 7.18. The zero-order valence-corrected chi connectivity index (χ0v) is 12.0. The van der Waals surface area contributed by atoms with Crippen molar-refractivity contribution in [1.29, 1.82) is 0 Å². The molecule has 1 aromatic heterocycles. The number of ketones is 1. The summed E-state index contributed by atoms with van der Waals surface area (Å²) in [4.78, 5) is 14.4. The molecule has 19 heavy (non-hydrogen) atoms. The zero-order chi connectivity index (χ0) is 13.8. The summed E-state index contributed by atoms with van der Waals surface area (Å²) in [5, 5.41) is 0. The molecule has 2 rings (SSSR count). The number of carbonyl (C=O) groups excluding carboxylic acids is 1. The van der Waals surface area contributed by atoms with Crippen molar-refractivity contribution in [3.05, 3.63) is 57.0 Å². The van der Waals surface area contributed by atoms with Crippen molar-refractivity contribution in [1.82, 2.24) is 4.90 Å². The van der Waals surface area contributed by atoms with Crippen LogP contribution in [0.2, 0.25) is 4.34 Å². The fraction of sp³-hybridized carbons (Fsp3) is 0.214. The van der Waals surface area contributed by atoms with Crippen LogP contribution in [0.5, 0.6) is 0 Å². The summed E-state index contributed by atoms with van der Waals surface area (Å²) in [6.45, 7) is 0.642. The number of halogens is 2. The molecule has 0 fully saturated rings. The number of nitrogens with zero attached hydrogens (tertiary/aromatic N) is 1. The molecular weight excluding hydrogens is 285 g/mol. The second-order valence-electron chi connectivity index (χ2n) is 4.29. The Labute approximate surface area is 120 Å². The fourth-order valence-corrected chi connectivity index (χ4v) is 2.73. The molecule has 5 heteroatoms. The van der Waals surface area contributed by atoms with Crippen LogP contribution in [0.15, 0.2) is 36.4 Å². The van der Waals surface area contributed by atoms with Crippen molar-refractivity contribution in [2.75, 3.05) is 13.6 Å². The average Bonchev–Trinajstić information content (AvgIpc) is 2.79. The van der Waals surface area contributed by atoms with Crippen molar-refractivity contribution in [2.45, 2.75) is 6.54 Å². The first kappa shape index (κ1) is 14.2. The predicted molar refractivity (Wildman–Crippen MR) is 76.4 cm³/mol. The van der Waals surface area contributed by atoms with E-state index in [0.29, 0.717) is 21.3 Å². The first-order valence-corrected chi connectivity index (χ1v) is 6.96. The van der Waals surface area contributed by atoms with Gasteiger partial charge in [0.25, 0.3) is 0 Å². The fourth-order valence-electron chi connectivity index (χ4n) is 1.76. The minimum absolute atomic E-state index is 0.00395. The van der Waals surface area contributed by atoms with Gasteiger partial charge in [0.2, 0.25) is 0 Å². The minimum Gasteiger partial charge on any atom is -0.294 e. The molecule has 0 spiro atoms. The minimum atomic E-state index is -0.249. The standard InChI is InChI=1S/C14H13ClFNOS/c1-17(8-10-4-2-3-5-11(10)16)9-12(18)13-6-7-14(15)19-13/h2-7H,8-9H2,1H3. The van der Waals surface area contributed by atoms with E-state index in [9.17, 15) is 9.18 Å². The number of thiophene rings is 1. The summed E-state index contributed by atoms with van der Waals surface area (Å²) in [5.74, 6) is -0.253. The summed E-state index contributed by atoms with van der Waals surface area (Å²) < 4.78 is 14.1. The summed E-state index contributed by atoms with van der Waals surface area (Å²) in [7, 11) is 1.79. The van der Waals surface area contributed by atoms with Gasteiger partial charge in [-0.05, 0) is 25.2 Å². The maximum absolute atomic E-state index is 13.5. The third-order valence-electron chi connectivity index (χ3n) is 2.66. The van der Waals surface area contributed by atoms with Gasteiger partial charge in [-0.2, -0.15) is 0 Å². The lowest BCUT2D eigenvalue weighted by molar-refractivity contribution is 0.0946. The molecule has 0 atom stereocenters. The monoisotopic (exact) mass is 297 g/mol. The topological polar surface area (TPSA) is 20.3 Å². The van der Waals surface area contributed by atoms with Crippen LogP contribution in [0.25, 0.3) is 0 Å². The molecule has 1 heterocycles. The summed E-state index contributed by atoms with van der Waals surface area (Å²) >= 11 is 7.06. The molecule has 0 saturated carbocycles.